The van der Waals surface area contributed by atoms with Gasteiger partial charge in [-0.3, -0.25) is 24.7 Å². The van der Waals surface area contributed by atoms with Crippen LogP contribution in [0.2, 0.25) is 0 Å². The van der Waals surface area contributed by atoms with Gasteiger partial charge in [0, 0.05) is 38.3 Å². The van der Waals surface area contributed by atoms with Crippen molar-refractivity contribution < 1.29 is 28.7 Å². The molecule has 1 aliphatic rings. The number of morpholine rings is 1. The molecule has 12 heteroatoms. The van der Waals surface area contributed by atoms with Crippen molar-refractivity contribution in [1.82, 2.24) is 9.88 Å². The molecule has 0 N–H and O–H groups in total. The van der Waals surface area contributed by atoms with Gasteiger partial charge in [0.25, 0.3) is 11.6 Å². The molecule has 11 nitrogen and oxygen atoms in total. The van der Waals surface area contributed by atoms with Crippen LogP contribution >= 0.6 is 11.3 Å². The number of carbonyl (C=O) groups is 1. The molecule has 1 amide bonds. The lowest BCUT2D eigenvalue weighted by atomic mass is 10.1. The average molecular weight is 503 g/mol. The molecule has 0 saturated carbocycles. The number of anilines is 1. The number of nitro benzene ring substituents is 1. The van der Waals surface area contributed by atoms with Crippen molar-refractivity contribution in [2.45, 2.75) is 0 Å². The number of hydrogen-bond acceptors (Lipinski definition) is 10. The molecule has 35 heavy (non-hydrogen) atoms. The fourth-order valence-electron chi connectivity index (χ4n) is 3.82. The van der Waals surface area contributed by atoms with Gasteiger partial charge in [-0.05, 0) is 12.1 Å². The van der Waals surface area contributed by atoms with Crippen LogP contribution in [0.15, 0.2) is 30.3 Å². The number of benzene rings is 2. The molecule has 0 radical (unpaired) electrons. The number of rotatable bonds is 9. The third-order valence-corrected chi connectivity index (χ3v) is 6.79. The average Bonchev–Trinajstić information content (AvgIpc) is 3.31. The van der Waals surface area contributed by atoms with Gasteiger partial charge in [-0.25, -0.2) is 4.98 Å². The van der Waals surface area contributed by atoms with E-state index in [1.807, 2.05) is 12.1 Å². The zero-order chi connectivity index (χ0) is 24.9. The lowest BCUT2D eigenvalue weighted by Crippen LogP contribution is -2.43. The molecule has 186 valence electrons. The molecular weight excluding hydrogens is 476 g/mol. The maximum Gasteiger partial charge on any atom is 0.286 e. The van der Waals surface area contributed by atoms with Gasteiger partial charge in [-0.1, -0.05) is 11.3 Å². The van der Waals surface area contributed by atoms with E-state index in [0.717, 1.165) is 17.8 Å². The second kappa shape index (κ2) is 10.8. The topological polar surface area (TPSA) is 117 Å². The monoisotopic (exact) mass is 502 g/mol. The summed E-state index contributed by atoms with van der Waals surface area (Å²) in [5.74, 6) is 0.499. The number of methoxy groups -OCH3 is 3. The number of ether oxygens (including phenoxy) is 4. The van der Waals surface area contributed by atoms with Crippen molar-refractivity contribution >= 4 is 38.3 Å². The van der Waals surface area contributed by atoms with Crippen LogP contribution in [0.3, 0.4) is 0 Å². The summed E-state index contributed by atoms with van der Waals surface area (Å²) in [4.78, 5) is 33.4. The van der Waals surface area contributed by atoms with E-state index in [1.54, 1.807) is 13.2 Å². The molecule has 0 atom stereocenters. The molecule has 1 aromatic heterocycles. The van der Waals surface area contributed by atoms with Crippen LogP contribution in [0.4, 0.5) is 10.8 Å². The van der Waals surface area contributed by atoms with Crippen LogP contribution in [0, 0.1) is 10.1 Å². The van der Waals surface area contributed by atoms with Crippen molar-refractivity contribution in [3.63, 3.8) is 0 Å². The number of thiazole rings is 1. The Labute approximate surface area is 205 Å². The molecular formula is C23H26N4O7S. The Morgan fingerprint density at radius 3 is 2.51 bits per heavy atom. The molecule has 2 aromatic carbocycles. The number of nitrogens with zero attached hydrogens (tertiary/aromatic N) is 4. The van der Waals surface area contributed by atoms with Crippen LogP contribution in [0.5, 0.6) is 17.2 Å². The van der Waals surface area contributed by atoms with E-state index >= 15 is 0 Å². The third-order valence-electron chi connectivity index (χ3n) is 5.73. The third kappa shape index (κ3) is 5.29. The fourth-order valence-corrected chi connectivity index (χ4v) is 4.79. The molecule has 1 aliphatic heterocycles. The van der Waals surface area contributed by atoms with Crippen LogP contribution in [0.1, 0.15) is 10.4 Å². The van der Waals surface area contributed by atoms with Gasteiger partial charge >= 0.3 is 0 Å². The smallest absolute Gasteiger partial charge is 0.286 e. The highest BCUT2D eigenvalue weighted by Crippen LogP contribution is 2.37. The first kappa shape index (κ1) is 24.6. The summed E-state index contributed by atoms with van der Waals surface area (Å²) >= 11 is 1.34. The van der Waals surface area contributed by atoms with Gasteiger partial charge in [-0.2, -0.15) is 0 Å². The summed E-state index contributed by atoms with van der Waals surface area (Å²) in [5.41, 5.74) is 0.202. The quantitative estimate of drug-likeness (QED) is 0.321. The number of amides is 1. The van der Waals surface area contributed by atoms with Gasteiger partial charge < -0.3 is 18.9 Å². The molecule has 3 aromatic rings. The van der Waals surface area contributed by atoms with Crippen molar-refractivity contribution in [3.05, 3.63) is 46.0 Å². The van der Waals surface area contributed by atoms with Crippen LogP contribution in [-0.4, -0.2) is 81.4 Å². The molecule has 2 heterocycles. The maximum absolute atomic E-state index is 13.8. The zero-order valence-corrected chi connectivity index (χ0v) is 20.5. The number of hydrogen-bond donors (Lipinski definition) is 0. The number of carbonyl (C=O) groups excluding carboxylic acids is 1. The van der Waals surface area contributed by atoms with Crippen molar-refractivity contribution in [2.24, 2.45) is 0 Å². The maximum atomic E-state index is 13.8. The Balaban J connectivity index is 1.75. The standard InChI is InChI=1S/C23H26N4O7S/c1-31-15-4-5-21-17(12-15)24-23(35-21)26(7-6-25-8-10-34-11-9-25)22(28)16-13-19(32-2)20(33-3)14-18(16)27(29)30/h4-5,12-14H,6-11H2,1-3H3. The van der Waals surface area contributed by atoms with Gasteiger partial charge in [0.15, 0.2) is 16.6 Å². The SMILES string of the molecule is COc1ccc2sc(N(CCN3CCOCC3)C(=O)c3cc(OC)c(OC)cc3[N+](=O)[O-])nc2c1. The molecule has 0 spiro atoms. The van der Waals surface area contributed by atoms with E-state index < -0.39 is 10.8 Å². The van der Waals surface area contributed by atoms with Crippen LogP contribution < -0.4 is 19.1 Å². The van der Waals surface area contributed by atoms with Crippen LogP contribution in [0.25, 0.3) is 10.2 Å². The summed E-state index contributed by atoms with van der Waals surface area (Å²) in [6.07, 6.45) is 0. The summed E-state index contributed by atoms with van der Waals surface area (Å²) in [6, 6.07) is 8.04. The Hall–Kier alpha value is -3.48. The molecule has 0 aliphatic carbocycles. The Morgan fingerprint density at radius 2 is 1.86 bits per heavy atom. The van der Waals surface area contributed by atoms with E-state index in [4.69, 9.17) is 18.9 Å². The van der Waals surface area contributed by atoms with E-state index in [1.165, 1.54) is 42.6 Å². The molecule has 1 fully saturated rings. The lowest BCUT2D eigenvalue weighted by molar-refractivity contribution is -0.385. The second-order valence-corrected chi connectivity index (χ2v) is 8.73. The molecule has 4 rings (SSSR count). The van der Waals surface area contributed by atoms with Gasteiger partial charge in [0.2, 0.25) is 0 Å². The Kier molecular flexibility index (Phi) is 7.63. The van der Waals surface area contributed by atoms with Gasteiger partial charge in [-0.15, -0.1) is 0 Å². The summed E-state index contributed by atoms with van der Waals surface area (Å²) in [5, 5.41) is 12.3. The summed E-state index contributed by atoms with van der Waals surface area (Å²) in [7, 11) is 4.37. The highest BCUT2D eigenvalue weighted by Gasteiger charge is 2.30. The Morgan fingerprint density at radius 1 is 1.14 bits per heavy atom. The molecule has 0 unspecified atom stereocenters. The fraction of sp³-hybridized carbons (Fsp3) is 0.391. The predicted octanol–water partition coefficient (Wildman–Crippen LogP) is 3.21. The second-order valence-electron chi connectivity index (χ2n) is 7.72. The van der Waals surface area contributed by atoms with E-state index in [2.05, 4.69) is 9.88 Å². The first-order valence-electron chi connectivity index (χ1n) is 10.9. The van der Waals surface area contributed by atoms with Gasteiger partial charge in [0.1, 0.15) is 11.3 Å². The summed E-state index contributed by atoms with van der Waals surface area (Å²) < 4.78 is 22.1. The van der Waals surface area contributed by atoms with Crippen LogP contribution in [-0.2, 0) is 4.74 Å². The lowest BCUT2D eigenvalue weighted by Gasteiger charge is -2.29. The minimum Gasteiger partial charge on any atom is -0.497 e. The van der Waals surface area contributed by atoms with Crippen molar-refractivity contribution in [2.75, 3.05) is 65.6 Å². The minimum absolute atomic E-state index is 0.105. The normalized spacial score (nSPS) is 14.0. The van der Waals surface area contributed by atoms with Crippen molar-refractivity contribution in [1.29, 1.82) is 0 Å². The van der Waals surface area contributed by atoms with Gasteiger partial charge in [0.05, 0.1) is 55.7 Å². The minimum atomic E-state index is -0.599. The van der Waals surface area contributed by atoms with E-state index in [-0.39, 0.29) is 22.7 Å². The number of aromatic nitrogens is 1. The molecule has 0 bridgehead atoms. The first-order chi connectivity index (χ1) is 16.9. The number of fused-ring (bicyclic) bond motifs is 1. The van der Waals surface area contributed by atoms with E-state index in [0.29, 0.717) is 42.7 Å². The van der Waals surface area contributed by atoms with Crippen molar-refractivity contribution in [3.8, 4) is 17.2 Å². The van der Waals surface area contributed by atoms with E-state index in [9.17, 15) is 14.9 Å². The number of nitro groups is 1. The summed E-state index contributed by atoms with van der Waals surface area (Å²) in [6.45, 7) is 3.59. The largest absolute Gasteiger partial charge is 0.497 e. The highest BCUT2D eigenvalue weighted by molar-refractivity contribution is 7.22. The molecule has 1 saturated heterocycles. The predicted molar refractivity (Wildman–Crippen MR) is 131 cm³/mol. The Bertz CT molecular complexity index is 1230. The highest BCUT2D eigenvalue weighted by atomic mass is 32.1. The zero-order valence-electron chi connectivity index (χ0n) is 19.7. The first-order valence-corrected chi connectivity index (χ1v) is 11.7.